The maximum Gasteiger partial charge on any atom is 0.197 e. The van der Waals surface area contributed by atoms with E-state index in [1.54, 1.807) is 25.1 Å². The van der Waals surface area contributed by atoms with Crippen LogP contribution in [0.1, 0.15) is 27.2 Å². The molecule has 0 radical (unpaired) electrons. The molecule has 0 saturated carbocycles. The first-order valence-electron chi connectivity index (χ1n) is 7.28. The van der Waals surface area contributed by atoms with Gasteiger partial charge in [-0.05, 0) is 48.9 Å². The van der Waals surface area contributed by atoms with Gasteiger partial charge in [0.1, 0.15) is 17.1 Å². The third-order valence-electron chi connectivity index (χ3n) is 3.71. The Morgan fingerprint density at radius 2 is 1.79 bits per heavy atom. The number of fused-ring (bicyclic) bond motifs is 1. The fraction of sp³-hybridized carbons (Fsp3) is 0.167. The molecule has 3 rings (SSSR count). The molecule has 0 saturated heterocycles. The van der Waals surface area contributed by atoms with Gasteiger partial charge in [0.25, 0.3) is 0 Å². The lowest BCUT2D eigenvalue weighted by Gasteiger charge is -2.03. The van der Waals surface area contributed by atoms with Crippen molar-refractivity contribution >= 4 is 26.6 Å². The third kappa shape index (κ3) is 3.19. The molecule has 0 fully saturated rings. The van der Waals surface area contributed by atoms with Crippen LogP contribution in [-0.2, 0) is 15.6 Å². The van der Waals surface area contributed by atoms with Gasteiger partial charge in [0, 0.05) is 17.2 Å². The Morgan fingerprint density at radius 3 is 2.42 bits per heavy atom. The number of sulfone groups is 1. The molecule has 1 heterocycles. The van der Waals surface area contributed by atoms with E-state index in [0.717, 1.165) is 0 Å². The van der Waals surface area contributed by atoms with Crippen LogP contribution in [0.15, 0.2) is 46.9 Å². The molecule has 6 heteroatoms. The number of hydrogen-bond acceptors (Lipinski definition) is 5. The second kappa shape index (κ2) is 5.79. The number of hydrogen-bond donors (Lipinski definition) is 1. The van der Waals surface area contributed by atoms with Gasteiger partial charge in [0.05, 0.1) is 11.3 Å². The van der Waals surface area contributed by atoms with Crippen molar-refractivity contribution in [2.24, 2.45) is 0 Å². The smallest absolute Gasteiger partial charge is 0.197 e. The Kier molecular flexibility index (Phi) is 3.93. The van der Waals surface area contributed by atoms with Crippen LogP contribution in [0, 0.1) is 6.92 Å². The van der Waals surface area contributed by atoms with Gasteiger partial charge in [-0.25, -0.2) is 8.42 Å². The average molecular weight is 344 g/mol. The van der Waals surface area contributed by atoms with E-state index in [1.807, 2.05) is 0 Å². The van der Waals surface area contributed by atoms with Crippen LogP contribution in [-0.4, -0.2) is 25.6 Å². The first kappa shape index (κ1) is 16.3. The molecule has 124 valence electrons. The molecule has 0 amide bonds. The molecule has 24 heavy (non-hydrogen) atoms. The number of benzene rings is 2. The van der Waals surface area contributed by atoms with Gasteiger partial charge in [-0.3, -0.25) is 4.79 Å². The van der Waals surface area contributed by atoms with Crippen LogP contribution in [0.3, 0.4) is 0 Å². The minimum atomic E-state index is -3.17. The molecule has 0 aliphatic rings. The van der Waals surface area contributed by atoms with E-state index < -0.39 is 9.84 Å². The highest BCUT2D eigenvalue weighted by Crippen LogP contribution is 2.29. The number of aryl methyl sites for hydroxylation is 1. The zero-order valence-electron chi connectivity index (χ0n) is 13.2. The van der Waals surface area contributed by atoms with E-state index >= 15 is 0 Å². The lowest BCUT2D eigenvalue weighted by molar-refractivity contribution is 0.103. The quantitative estimate of drug-likeness (QED) is 0.735. The zero-order chi connectivity index (χ0) is 17.5. The Labute approximate surface area is 139 Å². The largest absolute Gasteiger partial charge is 0.508 e. The van der Waals surface area contributed by atoms with E-state index in [4.69, 9.17) is 4.42 Å². The molecule has 0 atom stereocenters. The number of rotatable bonds is 4. The van der Waals surface area contributed by atoms with E-state index in [2.05, 4.69) is 0 Å². The molecule has 2 aromatic carbocycles. The summed E-state index contributed by atoms with van der Waals surface area (Å²) in [6.45, 7) is 1.70. The van der Waals surface area contributed by atoms with Crippen molar-refractivity contribution in [3.05, 3.63) is 64.9 Å². The highest BCUT2D eigenvalue weighted by atomic mass is 32.2. The van der Waals surface area contributed by atoms with E-state index in [9.17, 15) is 18.3 Å². The monoisotopic (exact) mass is 344 g/mol. The highest BCUT2D eigenvalue weighted by molar-refractivity contribution is 7.89. The van der Waals surface area contributed by atoms with Crippen molar-refractivity contribution < 1.29 is 22.7 Å². The molecule has 0 bridgehead atoms. The lowest BCUT2D eigenvalue weighted by atomic mass is 9.99. The Hall–Kier alpha value is -2.60. The van der Waals surface area contributed by atoms with Gasteiger partial charge in [-0.1, -0.05) is 6.07 Å². The van der Waals surface area contributed by atoms with Gasteiger partial charge in [-0.15, -0.1) is 0 Å². The number of aromatic hydroxyl groups is 1. The normalized spacial score (nSPS) is 11.8. The van der Waals surface area contributed by atoms with Crippen molar-refractivity contribution in [1.82, 2.24) is 0 Å². The fourth-order valence-electron chi connectivity index (χ4n) is 2.70. The number of furan rings is 1. The number of ketones is 1. The van der Waals surface area contributed by atoms with Crippen LogP contribution in [0.5, 0.6) is 5.75 Å². The third-order valence-corrected chi connectivity index (χ3v) is 4.57. The molecule has 0 aliphatic carbocycles. The predicted molar refractivity (Wildman–Crippen MR) is 91.0 cm³/mol. The average Bonchev–Trinajstić information content (AvgIpc) is 2.81. The van der Waals surface area contributed by atoms with E-state index in [0.29, 0.717) is 33.4 Å². The molecule has 1 aromatic heterocycles. The summed E-state index contributed by atoms with van der Waals surface area (Å²) in [6, 6.07) is 11.0. The predicted octanol–water partition coefficient (Wildman–Crippen LogP) is 3.22. The van der Waals surface area contributed by atoms with Crippen LogP contribution in [0.25, 0.3) is 11.0 Å². The van der Waals surface area contributed by atoms with Crippen molar-refractivity contribution in [2.45, 2.75) is 12.7 Å². The number of carbonyl (C=O) groups excluding carboxylic acids is 1. The first-order valence-corrected chi connectivity index (χ1v) is 9.34. The topological polar surface area (TPSA) is 84.6 Å². The van der Waals surface area contributed by atoms with Crippen LogP contribution in [0.2, 0.25) is 0 Å². The molecule has 0 aliphatic heterocycles. The first-order chi connectivity index (χ1) is 11.2. The standard InChI is InChI=1S/C18H16O5S/c1-11-17(18(20)13-4-6-14(19)7-5-13)15-9-12(10-24(2,21)22)3-8-16(15)23-11/h3-9,19H,10H2,1-2H3. The minimum Gasteiger partial charge on any atom is -0.508 e. The van der Waals surface area contributed by atoms with Crippen molar-refractivity contribution in [3.8, 4) is 5.75 Å². The molecular weight excluding hydrogens is 328 g/mol. The zero-order valence-corrected chi connectivity index (χ0v) is 14.1. The second-order valence-corrected chi connectivity index (χ2v) is 7.95. The van der Waals surface area contributed by atoms with Crippen LogP contribution in [0.4, 0.5) is 0 Å². The summed E-state index contributed by atoms with van der Waals surface area (Å²) in [4.78, 5) is 12.8. The van der Waals surface area contributed by atoms with E-state index in [1.165, 1.54) is 30.5 Å². The molecule has 0 unspecified atom stereocenters. The van der Waals surface area contributed by atoms with Gasteiger partial charge in [0.2, 0.25) is 0 Å². The molecule has 0 spiro atoms. The summed E-state index contributed by atoms with van der Waals surface area (Å²) in [5.74, 6) is 0.220. The number of carbonyl (C=O) groups is 1. The summed E-state index contributed by atoms with van der Waals surface area (Å²) in [7, 11) is -3.17. The Balaban J connectivity index is 2.12. The maximum absolute atomic E-state index is 12.8. The summed E-state index contributed by atoms with van der Waals surface area (Å²) in [5, 5.41) is 9.94. The van der Waals surface area contributed by atoms with Crippen molar-refractivity contribution in [2.75, 3.05) is 6.26 Å². The number of phenolic OH excluding ortho intramolecular Hbond substituents is 1. The Morgan fingerprint density at radius 1 is 1.12 bits per heavy atom. The summed E-state index contributed by atoms with van der Waals surface area (Å²) in [6.07, 6.45) is 1.17. The van der Waals surface area contributed by atoms with E-state index in [-0.39, 0.29) is 17.3 Å². The molecule has 3 aromatic rings. The summed E-state index contributed by atoms with van der Waals surface area (Å²) < 4.78 is 28.6. The minimum absolute atomic E-state index is 0.0794. The molecular formula is C18H16O5S. The van der Waals surface area contributed by atoms with Gasteiger partial charge in [0.15, 0.2) is 15.6 Å². The van der Waals surface area contributed by atoms with Gasteiger partial charge >= 0.3 is 0 Å². The maximum atomic E-state index is 12.8. The molecule has 1 N–H and O–H groups in total. The lowest BCUT2D eigenvalue weighted by Crippen LogP contribution is -2.03. The molecule has 5 nitrogen and oxygen atoms in total. The summed E-state index contributed by atoms with van der Waals surface area (Å²) >= 11 is 0. The van der Waals surface area contributed by atoms with Crippen LogP contribution < -0.4 is 0 Å². The van der Waals surface area contributed by atoms with Crippen molar-refractivity contribution in [3.63, 3.8) is 0 Å². The van der Waals surface area contributed by atoms with Crippen LogP contribution >= 0.6 is 0 Å². The fourth-order valence-corrected chi connectivity index (χ4v) is 3.48. The SMILES string of the molecule is Cc1oc2ccc(CS(C)(=O)=O)cc2c1C(=O)c1ccc(O)cc1. The highest BCUT2D eigenvalue weighted by Gasteiger charge is 2.20. The summed E-state index contributed by atoms with van der Waals surface area (Å²) in [5.41, 5.74) is 1.97. The van der Waals surface area contributed by atoms with Crippen molar-refractivity contribution in [1.29, 1.82) is 0 Å². The Bertz CT molecular complexity index is 1030. The number of phenols is 1. The second-order valence-electron chi connectivity index (χ2n) is 5.81. The van der Waals surface area contributed by atoms with Gasteiger partial charge in [-0.2, -0.15) is 0 Å². The van der Waals surface area contributed by atoms with Gasteiger partial charge < -0.3 is 9.52 Å².